The third kappa shape index (κ3) is 3.42. The maximum Gasteiger partial charge on any atom is 0.232 e. The second-order valence-electron chi connectivity index (χ2n) is 5.54. The Morgan fingerprint density at radius 1 is 1.36 bits per heavy atom. The molecule has 8 heteroatoms. The molecule has 0 atom stereocenters. The molecule has 1 amide bonds. The largest absolute Gasteiger partial charge is 0.344 e. The fraction of sp³-hybridized carbons (Fsp3) is 0.353. The van der Waals surface area contributed by atoms with Crippen molar-refractivity contribution in [2.24, 2.45) is 0 Å². The van der Waals surface area contributed by atoms with Crippen molar-refractivity contribution in [3.63, 3.8) is 0 Å². The molecule has 2 heterocycles. The number of fused-ring (bicyclic) bond motifs is 3. The smallest absolute Gasteiger partial charge is 0.232 e. The van der Waals surface area contributed by atoms with Gasteiger partial charge >= 0.3 is 0 Å². The molecule has 0 radical (unpaired) electrons. The quantitative estimate of drug-likeness (QED) is 0.632. The lowest BCUT2D eigenvalue weighted by molar-refractivity contribution is -0.127. The zero-order valence-corrected chi connectivity index (χ0v) is 15.0. The van der Waals surface area contributed by atoms with Crippen molar-refractivity contribution in [1.29, 1.82) is 5.26 Å². The summed E-state index contributed by atoms with van der Waals surface area (Å²) in [5.74, 6) is 0.168. The van der Waals surface area contributed by atoms with Crippen LogP contribution in [-0.4, -0.2) is 49.9 Å². The highest BCUT2D eigenvalue weighted by Crippen LogP contribution is 2.26. The Hall–Kier alpha value is -2.66. The van der Waals surface area contributed by atoms with Crippen molar-refractivity contribution in [2.75, 3.05) is 19.3 Å². The lowest BCUT2D eigenvalue weighted by atomic mass is 10.2. The van der Waals surface area contributed by atoms with Crippen LogP contribution in [0.25, 0.3) is 22.1 Å². The molecule has 1 aromatic carbocycles. The molecule has 128 valence electrons. The van der Waals surface area contributed by atoms with Crippen molar-refractivity contribution in [3.05, 3.63) is 24.3 Å². The third-order valence-corrected chi connectivity index (χ3v) is 4.80. The van der Waals surface area contributed by atoms with E-state index in [-0.39, 0.29) is 11.7 Å². The van der Waals surface area contributed by atoms with E-state index in [1.807, 2.05) is 30.3 Å². The summed E-state index contributed by atoms with van der Waals surface area (Å²) in [4.78, 5) is 18.2. The Bertz CT molecular complexity index is 961. The minimum atomic E-state index is -0.0556. The van der Waals surface area contributed by atoms with Gasteiger partial charge in [0.25, 0.3) is 0 Å². The molecule has 2 aromatic heterocycles. The van der Waals surface area contributed by atoms with Crippen molar-refractivity contribution in [1.82, 2.24) is 24.6 Å². The number of nitriles is 1. The van der Waals surface area contributed by atoms with E-state index in [9.17, 15) is 4.79 Å². The summed E-state index contributed by atoms with van der Waals surface area (Å²) in [6.07, 6.45) is 0.327. The Morgan fingerprint density at radius 3 is 2.92 bits per heavy atom. The highest BCUT2D eigenvalue weighted by Gasteiger charge is 2.15. The number of amides is 1. The second-order valence-corrected chi connectivity index (χ2v) is 6.48. The molecule has 7 nitrogen and oxygen atoms in total. The van der Waals surface area contributed by atoms with Gasteiger partial charge in [-0.05, 0) is 13.0 Å². The lowest BCUT2D eigenvalue weighted by Gasteiger charge is -2.14. The van der Waals surface area contributed by atoms with E-state index in [1.165, 1.54) is 11.8 Å². The van der Waals surface area contributed by atoms with Crippen LogP contribution in [0.5, 0.6) is 0 Å². The van der Waals surface area contributed by atoms with Crippen LogP contribution in [0.4, 0.5) is 0 Å². The first kappa shape index (κ1) is 17.2. The molecule has 0 saturated carbocycles. The van der Waals surface area contributed by atoms with Crippen LogP contribution in [0.15, 0.2) is 29.4 Å². The molecular weight excluding hydrogens is 336 g/mol. The molecule has 3 rings (SSSR count). The van der Waals surface area contributed by atoms with Gasteiger partial charge in [0.1, 0.15) is 5.52 Å². The number of para-hydroxylation sites is 1. The van der Waals surface area contributed by atoms with E-state index in [0.29, 0.717) is 18.1 Å². The third-order valence-electron chi connectivity index (χ3n) is 3.98. The van der Waals surface area contributed by atoms with Crippen LogP contribution in [-0.2, 0) is 11.3 Å². The van der Waals surface area contributed by atoms with E-state index in [4.69, 9.17) is 5.26 Å². The Balaban J connectivity index is 1.83. The monoisotopic (exact) mass is 354 g/mol. The van der Waals surface area contributed by atoms with Gasteiger partial charge in [-0.1, -0.05) is 30.0 Å². The van der Waals surface area contributed by atoms with Gasteiger partial charge in [0.15, 0.2) is 5.65 Å². The van der Waals surface area contributed by atoms with Gasteiger partial charge in [-0.25, -0.2) is 4.98 Å². The minimum Gasteiger partial charge on any atom is -0.344 e. The van der Waals surface area contributed by atoms with E-state index >= 15 is 0 Å². The van der Waals surface area contributed by atoms with Gasteiger partial charge < -0.3 is 9.47 Å². The fourth-order valence-corrected chi connectivity index (χ4v) is 3.37. The Labute approximate surface area is 149 Å². The normalized spacial score (nSPS) is 10.9. The highest BCUT2D eigenvalue weighted by molar-refractivity contribution is 7.99. The van der Waals surface area contributed by atoms with Crippen LogP contribution in [0.1, 0.15) is 13.3 Å². The molecule has 0 fully saturated rings. The number of hydrogen-bond donors (Lipinski definition) is 0. The molecule has 0 aliphatic heterocycles. The maximum atomic E-state index is 12.1. The first-order valence-corrected chi connectivity index (χ1v) is 8.99. The predicted molar refractivity (Wildman–Crippen MR) is 97.1 cm³/mol. The van der Waals surface area contributed by atoms with Gasteiger partial charge in [0.05, 0.1) is 23.8 Å². The molecule has 25 heavy (non-hydrogen) atoms. The second kappa shape index (κ2) is 7.49. The molecule has 0 bridgehead atoms. The van der Waals surface area contributed by atoms with E-state index < -0.39 is 0 Å². The summed E-state index contributed by atoms with van der Waals surface area (Å²) in [6, 6.07) is 10.1. The van der Waals surface area contributed by atoms with Crippen LogP contribution in [0, 0.1) is 11.3 Å². The van der Waals surface area contributed by atoms with Gasteiger partial charge in [0, 0.05) is 25.5 Å². The zero-order chi connectivity index (χ0) is 17.8. The Morgan fingerprint density at radius 2 is 2.16 bits per heavy atom. The summed E-state index contributed by atoms with van der Waals surface area (Å²) < 4.78 is 2.10. The summed E-state index contributed by atoms with van der Waals surface area (Å²) in [5, 5.41) is 18.6. The molecule has 0 spiro atoms. The lowest BCUT2D eigenvalue weighted by Crippen LogP contribution is -2.29. The molecule has 0 saturated heterocycles. The average molecular weight is 354 g/mol. The topological polar surface area (TPSA) is 87.7 Å². The van der Waals surface area contributed by atoms with Gasteiger partial charge in [-0.15, -0.1) is 10.2 Å². The van der Waals surface area contributed by atoms with Crippen LogP contribution in [0.3, 0.4) is 0 Å². The molecule has 0 unspecified atom stereocenters. The van der Waals surface area contributed by atoms with Crippen molar-refractivity contribution < 1.29 is 4.79 Å². The molecule has 0 aliphatic carbocycles. The average Bonchev–Trinajstić information content (AvgIpc) is 2.96. The molecule has 3 aromatic rings. The predicted octanol–water partition coefficient (Wildman–Crippen LogP) is 2.46. The number of carbonyl (C=O) groups excluding carboxylic acids is 1. The van der Waals surface area contributed by atoms with Crippen LogP contribution >= 0.6 is 11.8 Å². The van der Waals surface area contributed by atoms with Crippen molar-refractivity contribution in [3.8, 4) is 6.07 Å². The number of aryl methyl sites for hydroxylation is 1. The fourth-order valence-electron chi connectivity index (χ4n) is 2.65. The number of carbonyl (C=O) groups is 1. The molecule has 0 N–H and O–H groups in total. The number of hydrogen-bond acceptors (Lipinski definition) is 6. The summed E-state index contributed by atoms with van der Waals surface area (Å²) >= 11 is 1.26. The van der Waals surface area contributed by atoms with Gasteiger partial charge in [0.2, 0.25) is 11.1 Å². The minimum absolute atomic E-state index is 0.0556. The van der Waals surface area contributed by atoms with E-state index in [2.05, 4.69) is 26.7 Å². The number of rotatable bonds is 6. The van der Waals surface area contributed by atoms with E-state index in [1.54, 1.807) is 11.9 Å². The first-order chi connectivity index (χ1) is 12.2. The SMILES string of the molecule is CCn1c2ccccc2c2nnc(SCC(=O)N(C)CCC#N)nc21. The molecule has 0 aliphatic rings. The van der Waals surface area contributed by atoms with Crippen LogP contribution in [0.2, 0.25) is 0 Å². The summed E-state index contributed by atoms with van der Waals surface area (Å²) in [6.45, 7) is 3.27. The highest BCUT2D eigenvalue weighted by atomic mass is 32.2. The summed E-state index contributed by atoms with van der Waals surface area (Å²) in [7, 11) is 1.69. The number of benzene rings is 1. The van der Waals surface area contributed by atoms with Gasteiger partial charge in [-0.2, -0.15) is 5.26 Å². The standard InChI is InChI=1S/C17H18N6OS/c1-3-23-13-8-5-4-7-12(13)15-16(23)19-17(21-20-15)25-11-14(24)22(2)10-6-9-18/h4-5,7-8H,3,6,10-11H2,1-2H3. The first-order valence-electron chi connectivity index (χ1n) is 8.01. The molecular formula is C17H18N6OS. The van der Waals surface area contributed by atoms with Gasteiger partial charge in [-0.3, -0.25) is 4.79 Å². The Kier molecular flexibility index (Phi) is 5.14. The number of aromatic nitrogens is 4. The maximum absolute atomic E-state index is 12.1. The van der Waals surface area contributed by atoms with Crippen LogP contribution < -0.4 is 0 Å². The zero-order valence-electron chi connectivity index (χ0n) is 14.1. The number of nitrogens with zero attached hydrogens (tertiary/aromatic N) is 6. The van der Waals surface area contributed by atoms with Crippen molar-refractivity contribution >= 4 is 39.7 Å². The number of thioether (sulfide) groups is 1. The summed E-state index contributed by atoms with van der Waals surface area (Å²) in [5.41, 5.74) is 2.64. The van der Waals surface area contributed by atoms with Crippen molar-refractivity contribution in [2.45, 2.75) is 25.0 Å². The van der Waals surface area contributed by atoms with E-state index in [0.717, 1.165) is 28.6 Å².